The number of ether oxygens (including phenoxy) is 5. The molecule has 0 saturated heterocycles. The number of anilines is 1. The van der Waals surface area contributed by atoms with Gasteiger partial charge in [-0.2, -0.15) is 0 Å². The standard InChI is InChI=1S/C25H29NO9/c1-16-4-6-19(7-5-16)24(29)34-17(2)22(27)32-14-12-31-13-15-33-23(28)18(3)35-25(30)20-8-10-21(26)11-9-20/h4-11,17-18H,12-15,26H2,1-3H3. The lowest BCUT2D eigenvalue weighted by Crippen LogP contribution is -2.28. The molecule has 2 N–H and O–H groups in total. The van der Waals surface area contributed by atoms with E-state index in [1.165, 1.54) is 26.0 Å². The lowest BCUT2D eigenvalue weighted by atomic mass is 10.1. The Balaban J connectivity index is 1.56. The van der Waals surface area contributed by atoms with Crippen molar-refractivity contribution in [2.24, 2.45) is 0 Å². The van der Waals surface area contributed by atoms with Crippen LogP contribution in [0.1, 0.15) is 40.1 Å². The van der Waals surface area contributed by atoms with Crippen molar-refractivity contribution >= 4 is 29.6 Å². The molecule has 0 aliphatic rings. The van der Waals surface area contributed by atoms with Gasteiger partial charge in [-0.3, -0.25) is 0 Å². The molecule has 2 unspecified atom stereocenters. The van der Waals surface area contributed by atoms with Gasteiger partial charge in [0.05, 0.1) is 24.3 Å². The first-order valence-electron chi connectivity index (χ1n) is 10.9. The number of esters is 4. The summed E-state index contributed by atoms with van der Waals surface area (Å²) < 4.78 is 25.4. The number of hydrogen-bond donors (Lipinski definition) is 1. The van der Waals surface area contributed by atoms with Crippen molar-refractivity contribution in [3.05, 3.63) is 65.2 Å². The van der Waals surface area contributed by atoms with Gasteiger partial charge in [0.25, 0.3) is 0 Å². The van der Waals surface area contributed by atoms with E-state index >= 15 is 0 Å². The van der Waals surface area contributed by atoms with Gasteiger partial charge in [0, 0.05) is 5.69 Å². The Morgan fingerprint density at radius 2 is 1.09 bits per heavy atom. The first-order chi connectivity index (χ1) is 16.7. The topological polar surface area (TPSA) is 140 Å². The second-order valence-corrected chi connectivity index (χ2v) is 7.53. The van der Waals surface area contributed by atoms with Crippen molar-refractivity contribution in [3.63, 3.8) is 0 Å². The van der Waals surface area contributed by atoms with Gasteiger partial charge in [-0.15, -0.1) is 0 Å². The van der Waals surface area contributed by atoms with Crippen LogP contribution in [0, 0.1) is 6.92 Å². The lowest BCUT2D eigenvalue weighted by Gasteiger charge is -2.14. The highest BCUT2D eigenvalue weighted by Gasteiger charge is 2.21. The summed E-state index contributed by atoms with van der Waals surface area (Å²) >= 11 is 0. The predicted octanol–water partition coefficient (Wildman–Crippen LogP) is 2.47. The molecule has 2 rings (SSSR count). The van der Waals surface area contributed by atoms with E-state index in [9.17, 15) is 19.2 Å². The molecule has 0 aliphatic carbocycles. The number of carbonyl (C=O) groups excluding carboxylic acids is 4. The van der Waals surface area contributed by atoms with Crippen molar-refractivity contribution < 1.29 is 42.9 Å². The van der Waals surface area contributed by atoms with Crippen molar-refractivity contribution in [1.29, 1.82) is 0 Å². The van der Waals surface area contributed by atoms with Gasteiger partial charge in [-0.05, 0) is 57.2 Å². The average molecular weight is 488 g/mol. The molecule has 0 aliphatic heterocycles. The highest BCUT2D eigenvalue weighted by Crippen LogP contribution is 2.09. The molecule has 188 valence electrons. The molecule has 0 fully saturated rings. The van der Waals surface area contributed by atoms with Crippen molar-refractivity contribution in [2.45, 2.75) is 33.0 Å². The fraction of sp³-hybridized carbons (Fsp3) is 0.360. The van der Waals surface area contributed by atoms with Gasteiger partial charge >= 0.3 is 23.9 Å². The normalized spacial score (nSPS) is 12.2. The Hall–Kier alpha value is -3.92. The first kappa shape index (κ1) is 27.3. The van der Waals surface area contributed by atoms with E-state index in [-0.39, 0.29) is 32.0 Å². The lowest BCUT2D eigenvalue weighted by molar-refractivity contribution is -0.156. The van der Waals surface area contributed by atoms with E-state index in [2.05, 4.69) is 0 Å². The smallest absolute Gasteiger partial charge is 0.347 e. The Morgan fingerprint density at radius 1 is 0.686 bits per heavy atom. The maximum atomic E-state index is 12.0. The fourth-order valence-corrected chi connectivity index (χ4v) is 2.60. The highest BCUT2D eigenvalue weighted by atomic mass is 16.6. The molecular weight excluding hydrogens is 458 g/mol. The second-order valence-electron chi connectivity index (χ2n) is 7.53. The van der Waals surface area contributed by atoms with Crippen LogP contribution in [0.5, 0.6) is 0 Å². The molecule has 0 radical (unpaired) electrons. The number of nitrogen functional groups attached to an aromatic ring is 1. The van der Waals surface area contributed by atoms with Gasteiger partial charge in [-0.25, -0.2) is 19.2 Å². The van der Waals surface area contributed by atoms with Crippen LogP contribution in [0.2, 0.25) is 0 Å². The molecule has 0 saturated carbocycles. The van der Waals surface area contributed by atoms with Crippen LogP contribution in [0.25, 0.3) is 0 Å². The molecule has 10 heteroatoms. The van der Waals surface area contributed by atoms with Gasteiger partial charge in [-0.1, -0.05) is 17.7 Å². The zero-order valence-electron chi connectivity index (χ0n) is 19.9. The third-order valence-electron chi connectivity index (χ3n) is 4.61. The Bertz CT molecular complexity index is 921. The first-order valence-corrected chi connectivity index (χ1v) is 10.9. The van der Waals surface area contributed by atoms with Gasteiger partial charge < -0.3 is 29.4 Å². The SMILES string of the molecule is Cc1ccc(C(=O)OC(C)C(=O)OCCOCCOC(=O)C(C)OC(=O)c2ccc(N)cc2)cc1. The van der Waals surface area contributed by atoms with Crippen LogP contribution < -0.4 is 5.73 Å². The molecule has 0 bridgehead atoms. The largest absolute Gasteiger partial charge is 0.461 e. The van der Waals surface area contributed by atoms with E-state index in [4.69, 9.17) is 29.4 Å². The number of rotatable bonds is 12. The molecular formula is C25H29NO9. The van der Waals surface area contributed by atoms with Crippen molar-refractivity contribution in [3.8, 4) is 0 Å². The zero-order valence-corrected chi connectivity index (χ0v) is 19.9. The van der Waals surface area contributed by atoms with Crippen LogP contribution in [0.15, 0.2) is 48.5 Å². The number of nitrogens with two attached hydrogens (primary N) is 1. The number of carbonyl (C=O) groups is 4. The Kier molecular flexibility index (Phi) is 10.7. The summed E-state index contributed by atoms with van der Waals surface area (Å²) in [6.07, 6.45) is -2.19. The zero-order chi connectivity index (χ0) is 25.8. The average Bonchev–Trinajstić information content (AvgIpc) is 2.83. The summed E-state index contributed by atoms with van der Waals surface area (Å²) in [6.45, 7) is 4.63. The van der Waals surface area contributed by atoms with Crippen molar-refractivity contribution in [2.75, 3.05) is 32.2 Å². The highest BCUT2D eigenvalue weighted by molar-refractivity contribution is 5.92. The molecule has 2 atom stereocenters. The van der Waals surface area contributed by atoms with Crippen LogP contribution >= 0.6 is 0 Å². The molecule has 35 heavy (non-hydrogen) atoms. The summed E-state index contributed by atoms with van der Waals surface area (Å²) in [5.74, 6) is -2.74. The third kappa shape index (κ3) is 9.46. The number of benzene rings is 2. The molecule has 0 amide bonds. The maximum absolute atomic E-state index is 12.0. The number of aryl methyl sites for hydroxylation is 1. The van der Waals surface area contributed by atoms with E-state index in [1.54, 1.807) is 36.4 Å². The molecule has 10 nitrogen and oxygen atoms in total. The fourth-order valence-electron chi connectivity index (χ4n) is 2.60. The minimum absolute atomic E-state index is 0.0416. The van der Waals surface area contributed by atoms with Crippen LogP contribution in [-0.2, 0) is 33.3 Å². The van der Waals surface area contributed by atoms with Crippen molar-refractivity contribution in [1.82, 2.24) is 0 Å². The molecule has 2 aromatic carbocycles. The predicted molar refractivity (Wildman–Crippen MR) is 125 cm³/mol. The molecule has 0 aromatic heterocycles. The van der Waals surface area contributed by atoms with Crippen LogP contribution in [-0.4, -0.2) is 62.5 Å². The minimum atomic E-state index is -1.11. The summed E-state index contributed by atoms with van der Waals surface area (Å²) in [4.78, 5) is 47.9. The Labute approximate surface area is 203 Å². The van der Waals surface area contributed by atoms with Gasteiger partial charge in [0.15, 0.2) is 12.2 Å². The molecule has 0 spiro atoms. The van der Waals surface area contributed by atoms with E-state index in [0.29, 0.717) is 11.3 Å². The quantitative estimate of drug-likeness (QED) is 0.205. The molecule has 0 heterocycles. The maximum Gasteiger partial charge on any atom is 0.347 e. The van der Waals surface area contributed by atoms with Gasteiger partial charge in [0.2, 0.25) is 0 Å². The van der Waals surface area contributed by atoms with Gasteiger partial charge in [0.1, 0.15) is 13.2 Å². The van der Waals surface area contributed by atoms with Crippen LogP contribution in [0.4, 0.5) is 5.69 Å². The summed E-state index contributed by atoms with van der Waals surface area (Å²) in [6, 6.07) is 12.8. The van der Waals surface area contributed by atoms with E-state index < -0.39 is 36.1 Å². The van der Waals surface area contributed by atoms with Crippen LogP contribution in [0.3, 0.4) is 0 Å². The third-order valence-corrected chi connectivity index (χ3v) is 4.61. The Morgan fingerprint density at radius 3 is 1.51 bits per heavy atom. The summed E-state index contributed by atoms with van der Waals surface area (Å²) in [5.41, 5.74) is 7.66. The molecule has 2 aromatic rings. The van der Waals surface area contributed by atoms with E-state index in [0.717, 1.165) is 5.56 Å². The monoisotopic (exact) mass is 487 g/mol. The number of hydrogen-bond acceptors (Lipinski definition) is 10. The second kappa shape index (κ2) is 13.7. The summed E-state index contributed by atoms with van der Waals surface area (Å²) in [7, 11) is 0. The van der Waals surface area contributed by atoms with E-state index in [1.807, 2.05) is 6.92 Å². The summed E-state index contributed by atoms with van der Waals surface area (Å²) in [5, 5.41) is 0. The minimum Gasteiger partial charge on any atom is -0.461 e.